The summed E-state index contributed by atoms with van der Waals surface area (Å²) in [6.07, 6.45) is 7.88. The highest BCUT2D eigenvalue weighted by atomic mass is 32.2. The largest absolute Gasteiger partial charge is 0.419 e. The van der Waals surface area contributed by atoms with Crippen LogP contribution in [0.15, 0.2) is 0 Å². The molecule has 2 atom stereocenters. The molecule has 0 aliphatic heterocycles. The molecule has 0 saturated carbocycles. The molecular weight excluding hydrogens is 360 g/mol. The molecule has 152 valence electrons. The molecule has 5 heteroatoms. The van der Waals surface area contributed by atoms with Gasteiger partial charge in [-0.15, -0.1) is 0 Å². The van der Waals surface area contributed by atoms with Crippen LogP contribution >= 0.6 is 11.8 Å². The molecule has 0 aliphatic rings. The van der Waals surface area contributed by atoms with Crippen LogP contribution in [0.3, 0.4) is 0 Å². The van der Waals surface area contributed by atoms with Crippen molar-refractivity contribution in [1.82, 2.24) is 0 Å². The maximum atomic E-state index is 6.31. The van der Waals surface area contributed by atoms with Crippen LogP contribution in [0, 0.1) is 0 Å². The van der Waals surface area contributed by atoms with Gasteiger partial charge in [-0.2, -0.15) is 11.8 Å². The molecule has 0 fully saturated rings. The Kier molecular flexibility index (Phi) is 14.2. The van der Waals surface area contributed by atoms with Crippen molar-refractivity contribution in [3.8, 4) is 0 Å². The number of unbranched alkanes of at least 4 members (excludes halogenated alkanes) is 2. The molecule has 0 aromatic rings. The van der Waals surface area contributed by atoms with Crippen LogP contribution in [0.2, 0.25) is 24.2 Å². The fourth-order valence-corrected chi connectivity index (χ4v) is 17.1. The van der Waals surface area contributed by atoms with Gasteiger partial charge in [-0.1, -0.05) is 67.2 Å². The summed E-state index contributed by atoms with van der Waals surface area (Å²) in [5, 5.41) is 0. The molecule has 0 spiro atoms. The smallest absolute Gasteiger partial charge is 0.204 e. The minimum Gasteiger partial charge on any atom is -0.419 e. The maximum Gasteiger partial charge on any atom is 0.204 e. The second kappa shape index (κ2) is 13.8. The van der Waals surface area contributed by atoms with Gasteiger partial charge in [0.1, 0.15) is 0 Å². The molecule has 0 aliphatic carbocycles. The number of hydrogen-bond acceptors (Lipinski definition) is 3. The Bertz CT molecular complexity index is 274. The minimum absolute atomic E-state index is 0.717. The average Bonchev–Trinajstić information content (AvgIpc) is 2.66. The van der Waals surface area contributed by atoms with Crippen molar-refractivity contribution in [1.29, 1.82) is 0 Å². The maximum absolute atomic E-state index is 6.31. The summed E-state index contributed by atoms with van der Waals surface area (Å²) in [7, 11) is 0.626. The molecule has 0 bridgehead atoms. The van der Waals surface area contributed by atoms with Crippen LogP contribution < -0.4 is 0 Å². The second-order valence-corrected chi connectivity index (χ2v) is 18.9. The molecule has 0 saturated heterocycles. The molecule has 2 nitrogen and oxygen atoms in total. The van der Waals surface area contributed by atoms with E-state index < -0.39 is 16.6 Å². The Balaban J connectivity index is 5.63. The Hall–Kier alpha value is 0.704. The summed E-state index contributed by atoms with van der Waals surface area (Å²) < 4.78 is 12.6. The molecule has 0 rings (SSSR count). The van der Waals surface area contributed by atoms with Crippen molar-refractivity contribution >= 4 is 28.4 Å². The van der Waals surface area contributed by atoms with Gasteiger partial charge < -0.3 is 8.85 Å². The third kappa shape index (κ3) is 6.98. The summed E-state index contributed by atoms with van der Waals surface area (Å²) in [5.74, 6) is 0. The van der Waals surface area contributed by atoms with Crippen LogP contribution in [0.4, 0.5) is 0 Å². The zero-order valence-electron chi connectivity index (χ0n) is 18.5. The normalized spacial score (nSPS) is 15.4. The molecule has 25 heavy (non-hydrogen) atoms. The van der Waals surface area contributed by atoms with Crippen molar-refractivity contribution in [2.45, 2.75) is 114 Å². The zero-order valence-corrected chi connectivity index (χ0v) is 21.3. The van der Waals surface area contributed by atoms with E-state index in [4.69, 9.17) is 8.85 Å². The summed E-state index contributed by atoms with van der Waals surface area (Å²) >= 11 is 2.30. The summed E-state index contributed by atoms with van der Waals surface area (Å²) in [4.78, 5) is 1.43. The van der Waals surface area contributed by atoms with E-state index in [1.807, 2.05) is 14.2 Å². The van der Waals surface area contributed by atoms with Gasteiger partial charge in [0, 0.05) is 24.0 Å². The fraction of sp³-hybridized carbons (Fsp3) is 1.00. The van der Waals surface area contributed by atoms with Gasteiger partial charge in [-0.05, 0) is 37.0 Å². The highest BCUT2D eigenvalue weighted by Crippen LogP contribution is 2.41. The topological polar surface area (TPSA) is 18.5 Å². The zero-order chi connectivity index (χ0) is 19.3. The van der Waals surface area contributed by atoms with Gasteiger partial charge in [0.2, 0.25) is 16.6 Å². The standard InChI is InChI=1S/C20H46O2SSi2/c1-9-15-17-19(24(11-3,12-4)21-7)23-20(18-16-10-2)25(13-5,14-6)22-8/h19-20H,9-18H2,1-8H3. The first-order valence-corrected chi connectivity index (χ1v) is 16.5. The predicted octanol–water partition coefficient (Wildman–Crippen LogP) is 7.18. The molecule has 0 heterocycles. The number of rotatable bonds is 16. The molecule has 0 N–H and O–H groups in total. The Labute approximate surface area is 165 Å². The van der Waals surface area contributed by atoms with E-state index in [-0.39, 0.29) is 0 Å². The summed E-state index contributed by atoms with van der Waals surface area (Å²) in [6.45, 7) is 14.1. The summed E-state index contributed by atoms with van der Waals surface area (Å²) in [6, 6.07) is 4.95. The van der Waals surface area contributed by atoms with E-state index in [1.54, 1.807) is 0 Å². The van der Waals surface area contributed by atoms with Gasteiger partial charge in [-0.25, -0.2) is 0 Å². The van der Waals surface area contributed by atoms with Crippen molar-refractivity contribution in [2.24, 2.45) is 0 Å². The van der Waals surface area contributed by atoms with E-state index in [1.165, 1.54) is 62.7 Å². The first-order valence-electron chi connectivity index (χ1n) is 10.7. The molecule has 0 amide bonds. The Morgan fingerprint density at radius 1 is 0.640 bits per heavy atom. The third-order valence-electron chi connectivity index (χ3n) is 6.35. The molecular formula is C20H46O2SSi2. The van der Waals surface area contributed by atoms with Crippen LogP contribution in [0.1, 0.15) is 80.1 Å². The van der Waals surface area contributed by atoms with Gasteiger partial charge in [-0.3, -0.25) is 0 Å². The summed E-state index contributed by atoms with van der Waals surface area (Å²) in [5.41, 5.74) is 0. The van der Waals surface area contributed by atoms with Crippen molar-refractivity contribution in [3.05, 3.63) is 0 Å². The average molecular weight is 407 g/mol. The lowest BCUT2D eigenvalue weighted by Gasteiger charge is -2.42. The highest BCUT2D eigenvalue weighted by molar-refractivity contribution is 8.03. The minimum atomic E-state index is -1.67. The van der Waals surface area contributed by atoms with Crippen LogP contribution in [0.5, 0.6) is 0 Å². The van der Waals surface area contributed by atoms with Gasteiger partial charge in [0.25, 0.3) is 0 Å². The van der Waals surface area contributed by atoms with E-state index in [9.17, 15) is 0 Å². The SMILES string of the molecule is CCCCC(SC(CCCC)[Si](CC)(CC)OC)[Si](CC)(CC)OC. The third-order valence-corrected chi connectivity index (χ3v) is 20.2. The van der Waals surface area contributed by atoms with Gasteiger partial charge >= 0.3 is 0 Å². The lowest BCUT2D eigenvalue weighted by Crippen LogP contribution is -2.52. The van der Waals surface area contributed by atoms with Crippen LogP contribution in [-0.4, -0.2) is 40.6 Å². The van der Waals surface area contributed by atoms with E-state index in [0.29, 0.717) is 0 Å². The monoisotopic (exact) mass is 406 g/mol. The lowest BCUT2D eigenvalue weighted by atomic mass is 10.3. The van der Waals surface area contributed by atoms with Gasteiger partial charge in [0.05, 0.1) is 0 Å². The van der Waals surface area contributed by atoms with E-state index in [2.05, 4.69) is 53.3 Å². The quantitative estimate of drug-likeness (QED) is 0.253. The van der Waals surface area contributed by atoms with Crippen molar-refractivity contribution in [3.63, 3.8) is 0 Å². The van der Waals surface area contributed by atoms with Crippen molar-refractivity contribution < 1.29 is 8.85 Å². The van der Waals surface area contributed by atoms with Crippen LogP contribution in [0.25, 0.3) is 0 Å². The van der Waals surface area contributed by atoms with E-state index >= 15 is 0 Å². The first kappa shape index (κ1) is 25.7. The molecule has 0 radical (unpaired) electrons. The van der Waals surface area contributed by atoms with Crippen LogP contribution in [-0.2, 0) is 8.85 Å². The molecule has 0 aromatic carbocycles. The van der Waals surface area contributed by atoms with E-state index in [0.717, 1.165) is 9.75 Å². The molecule has 0 aromatic heterocycles. The van der Waals surface area contributed by atoms with Gasteiger partial charge in [0.15, 0.2) is 0 Å². The first-order chi connectivity index (χ1) is 12.0. The lowest BCUT2D eigenvalue weighted by molar-refractivity contribution is 0.383. The van der Waals surface area contributed by atoms with Crippen molar-refractivity contribution in [2.75, 3.05) is 14.2 Å². The Morgan fingerprint density at radius 2 is 0.960 bits per heavy atom. The predicted molar refractivity (Wildman–Crippen MR) is 122 cm³/mol. The highest BCUT2D eigenvalue weighted by Gasteiger charge is 2.46. The fourth-order valence-electron chi connectivity index (χ4n) is 4.14. The second-order valence-electron chi connectivity index (χ2n) is 7.35. The Morgan fingerprint density at radius 3 is 1.16 bits per heavy atom. The molecule has 2 unspecified atom stereocenters. The number of hydrogen-bond donors (Lipinski definition) is 0. The number of thioether (sulfide) groups is 1.